The molecule has 0 aromatic rings. The van der Waals surface area contributed by atoms with Crippen LogP contribution in [0.15, 0.2) is 0 Å². The molecule has 0 aliphatic heterocycles. The van der Waals surface area contributed by atoms with E-state index in [9.17, 15) is 0 Å². The van der Waals surface area contributed by atoms with Crippen molar-refractivity contribution in [2.75, 3.05) is 26.4 Å². The zero-order chi connectivity index (χ0) is 13.1. The molecule has 0 aromatic carbocycles. The summed E-state index contributed by atoms with van der Waals surface area (Å²) < 4.78 is 22.5. The molecule has 0 atom stereocenters. The third-order valence-corrected chi connectivity index (χ3v) is 2.49. The summed E-state index contributed by atoms with van der Waals surface area (Å²) in [5.41, 5.74) is 0. The molecule has 0 saturated heterocycles. The molecule has 0 bridgehead atoms. The van der Waals surface area contributed by atoms with Crippen molar-refractivity contribution in [1.82, 2.24) is 0 Å². The van der Waals surface area contributed by atoms with Crippen LogP contribution in [0.4, 0.5) is 0 Å². The molecule has 0 unspecified atom stereocenters. The molecule has 0 N–H and O–H groups in total. The molecule has 0 aromatic heterocycles. The van der Waals surface area contributed by atoms with Gasteiger partial charge in [0.1, 0.15) is 0 Å². The lowest BCUT2D eigenvalue weighted by atomic mass is 10.1. The van der Waals surface area contributed by atoms with Crippen LogP contribution in [0.25, 0.3) is 0 Å². The molecule has 4 heteroatoms. The van der Waals surface area contributed by atoms with Gasteiger partial charge in [0.2, 0.25) is 0 Å². The van der Waals surface area contributed by atoms with Gasteiger partial charge >= 0.3 is 0 Å². The van der Waals surface area contributed by atoms with Crippen molar-refractivity contribution in [2.24, 2.45) is 5.92 Å². The van der Waals surface area contributed by atoms with Crippen LogP contribution in [0.1, 0.15) is 41.0 Å². The van der Waals surface area contributed by atoms with Crippen molar-refractivity contribution < 1.29 is 18.9 Å². The summed E-state index contributed by atoms with van der Waals surface area (Å²) in [6.07, 6.45) is 0.395. The van der Waals surface area contributed by atoms with E-state index in [1.807, 2.05) is 27.7 Å². The summed E-state index contributed by atoms with van der Waals surface area (Å²) in [5.74, 6) is 0.106. The van der Waals surface area contributed by atoms with Crippen LogP contribution < -0.4 is 0 Å². The highest BCUT2D eigenvalue weighted by Gasteiger charge is 2.30. The normalized spacial score (nSPS) is 12.0. The average molecular weight is 248 g/mol. The highest BCUT2D eigenvalue weighted by molar-refractivity contribution is 4.66. The number of rotatable bonds is 11. The van der Waals surface area contributed by atoms with Crippen molar-refractivity contribution in [3.05, 3.63) is 0 Å². The van der Waals surface area contributed by atoms with Gasteiger partial charge in [0.25, 0.3) is 0 Å². The number of ether oxygens (including phenoxy) is 4. The maximum absolute atomic E-state index is 5.63. The van der Waals surface area contributed by atoms with Crippen molar-refractivity contribution in [3.63, 3.8) is 0 Å². The minimum Gasteiger partial charge on any atom is -0.352 e. The summed E-state index contributed by atoms with van der Waals surface area (Å²) in [5, 5.41) is 0. The van der Waals surface area contributed by atoms with Crippen LogP contribution in [0.2, 0.25) is 0 Å². The molecule has 0 amide bonds. The van der Waals surface area contributed by atoms with Gasteiger partial charge in [0, 0.05) is 26.4 Å². The van der Waals surface area contributed by atoms with E-state index < -0.39 is 0 Å². The molecule has 0 heterocycles. The second kappa shape index (κ2) is 11.0. The van der Waals surface area contributed by atoms with E-state index in [0.717, 1.165) is 6.42 Å². The predicted molar refractivity (Wildman–Crippen MR) is 67.9 cm³/mol. The lowest BCUT2D eigenvalue weighted by Gasteiger charge is -2.31. The maximum atomic E-state index is 5.63. The molecule has 0 spiro atoms. The van der Waals surface area contributed by atoms with Gasteiger partial charge in [-0.3, -0.25) is 0 Å². The second-order valence-electron chi connectivity index (χ2n) is 3.63. The van der Waals surface area contributed by atoms with E-state index in [0.29, 0.717) is 26.4 Å². The van der Waals surface area contributed by atoms with Gasteiger partial charge in [-0.25, -0.2) is 0 Å². The van der Waals surface area contributed by atoms with E-state index in [4.69, 9.17) is 18.9 Å². The fourth-order valence-corrected chi connectivity index (χ4v) is 1.76. The third-order valence-electron chi connectivity index (χ3n) is 2.49. The number of hydrogen-bond acceptors (Lipinski definition) is 4. The lowest BCUT2D eigenvalue weighted by Crippen LogP contribution is -2.38. The van der Waals surface area contributed by atoms with E-state index >= 15 is 0 Å². The molecule has 17 heavy (non-hydrogen) atoms. The SMILES string of the molecule is CCOC(OCC)C(CC)C(OCC)OCC. The van der Waals surface area contributed by atoms with Crippen LogP contribution in [0, 0.1) is 5.92 Å². The van der Waals surface area contributed by atoms with Gasteiger partial charge in [-0.15, -0.1) is 0 Å². The molecular formula is C13H28O4. The third kappa shape index (κ3) is 6.36. The van der Waals surface area contributed by atoms with Crippen molar-refractivity contribution in [2.45, 2.75) is 53.6 Å². The molecule has 0 saturated carbocycles. The standard InChI is InChI=1S/C13H28O4/c1-6-11(12(14-7-2)15-8-3)13(16-9-4)17-10-5/h11-13H,6-10H2,1-5H3. The summed E-state index contributed by atoms with van der Waals surface area (Å²) in [4.78, 5) is 0. The van der Waals surface area contributed by atoms with Crippen LogP contribution >= 0.6 is 0 Å². The Hall–Kier alpha value is -0.160. The lowest BCUT2D eigenvalue weighted by molar-refractivity contribution is -0.247. The Morgan fingerprint density at radius 1 is 0.588 bits per heavy atom. The Bertz CT molecular complexity index is 135. The Morgan fingerprint density at radius 3 is 1.06 bits per heavy atom. The highest BCUT2D eigenvalue weighted by Crippen LogP contribution is 2.21. The van der Waals surface area contributed by atoms with Gasteiger partial charge in [0.15, 0.2) is 12.6 Å². The topological polar surface area (TPSA) is 36.9 Å². The van der Waals surface area contributed by atoms with Gasteiger partial charge < -0.3 is 18.9 Å². The number of hydrogen-bond donors (Lipinski definition) is 0. The first-order chi connectivity index (χ1) is 8.24. The average Bonchev–Trinajstić information content (AvgIpc) is 2.31. The van der Waals surface area contributed by atoms with E-state index in [1.54, 1.807) is 0 Å². The minimum atomic E-state index is -0.252. The highest BCUT2D eigenvalue weighted by atomic mass is 16.7. The fourth-order valence-electron chi connectivity index (χ4n) is 1.76. The summed E-state index contributed by atoms with van der Waals surface area (Å²) in [6, 6.07) is 0. The molecule has 0 radical (unpaired) electrons. The van der Waals surface area contributed by atoms with E-state index in [1.165, 1.54) is 0 Å². The van der Waals surface area contributed by atoms with Crippen LogP contribution in [-0.2, 0) is 18.9 Å². The van der Waals surface area contributed by atoms with Crippen molar-refractivity contribution in [3.8, 4) is 0 Å². The van der Waals surface area contributed by atoms with E-state index in [2.05, 4.69) is 6.92 Å². The smallest absolute Gasteiger partial charge is 0.165 e. The van der Waals surface area contributed by atoms with E-state index in [-0.39, 0.29) is 18.5 Å². The van der Waals surface area contributed by atoms with Gasteiger partial charge in [-0.1, -0.05) is 6.92 Å². The summed E-state index contributed by atoms with van der Waals surface area (Å²) in [6.45, 7) is 12.5. The largest absolute Gasteiger partial charge is 0.352 e. The zero-order valence-electron chi connectivity index (χ0n) is 11.9. The molecule has 104 valence electrons. The first kappa shape index (κ1) is 16.8. The molecule has 0 rings (SSSR count). The molecule has 0 fully saturated rings. The minimum absolute atomic E-state index is 0.106. The fraction of sp³-hybridized carbons (Fsp3) is 1.00. The van der Waals surface area contributed by atoms with Crippen LogP contribution in [0.3, 0.4) is 0 Å². The molecule has 0 aliphatic rings. The Morgan fingerprint density at radius 2 is 0.882 bits per heavy atom. The first-order valence-corrected chi connectivity index (χ1v) is 6.71. The quantitative estimate of drug-likeness (QED) is 0.527. The van der Waals surface area contributed by atoms with Crippen molar-refractivity contribution in [1.29, 1.82) is 0 Å². The maximum Gasteiger partial charge on any atom is 0.165 e. The first-order valence-electron chi connectivity index (χ1n) is 6.71. The van der Waals surface area contributed by atoms with Crippen molar-refractivity contribution >= 4 is 0 Å². The monoisotopic (exact) mass is 248 g/mol. The Balaban J connectivity index is 4.55. The van der Waals surface area contributed by atoms with Crippen LogP contribution in [0.5, 0.6) is 0 Å². The van der Waals surface area contributed by atoms with Gasteiger partial charge in [-0.2, -0.15) is 0 Å². The van der Waals surface area contributed by atoms with Gasteiger partial charge in [-0.05, 0) is 34.1 Å². The molecule has 4 nitrogen and oxygen atoms in total. The van der Waals surface area contributed by atoms with Gasteiger partial charge in [0.05, 0.1) is 5.92 Å². The zero-order valence-corrected chi connectivity index (χ0v) is 11.9. The predicted octanol–water partition coefficient (Wildman–Crippen LogP) is 2.81. The Labute approximate surface area is 106 Å². The summed E-state index contributed by atoms with van der Waals surface area (Å²) >= 11 is 0. The second-order valence-corrected chi connectivity index (χ2v) is 3.63. The molecular weight excluding hydrogens is 220 g/mol. The summed E-state index contributed by atoms with van der Waals surface area (Å²) in [7, 11) is 0. The molecule has 0 aliphatic carbocycles. The Kier molecular flexibility index (Phi) is 10.9. The van der Waals surface area contributed by atoms with Crippen LogP contribution in [-0.4, -0.2) is 39.0 Å².